The molecule has 2 aliphatic heterocycles. The Hall–Kier alpha value is -0.940. The van der Waals surface area contributed by atoms with E-state index in [0.717, 1.165) is 51.9 Å². The molecule has 1 N–H and O–H groups in total. The molecule has 136 valence electrons. The van der Waals surface area contributed by atoms with E-state index < -0.39 is 0 Å². The van der Waals surface area contributed by atoms with E-state index in [-0.39, 0.29) is 24.0 Å². The summed E-state index contributed by atoms with van der Waals surface area (Å²) in [6.07, 6.45) is 1.89. The second kappa shape index (κ2) is 9.52. The number of aromatic nitrogens is 2. The quantitative estimate of drug-likeness (QED) is 0.407. The zero-order valence-electron chi connectivity index (χ0n) is 14.4. The van der Waals surface area contributed by atoms with E-state index in [0.29, 0.717) is 24.2 Å². The summed E-state index contributed by atoms with van der Waals surface area (Å²) < 4.78 is 10.6. The summed E-state index contributed by atoms with van der Waals surface area (Å²) in [5.41, 5.74) is 0. The van der Waals surface area contributed by atoms with Crippen LogP contribution in [0, 0.1) is 6.92 Å². The molecule has 1 aromatic rings. The predicted octanol–water partition coefficient (Wildman–Crippen LogP) is 0.520. The summed E-state index contributed by atoms with van der Waals surface area (Å²) in [4.78, 5) is 13.5. The van der Waals surface area contributed by atoms with Crippen molar-refractivity contribution in [2.75, 3.05) is 53.0 Å². The lowest BCUT2D eigenvalue weighted by atomic mass is 10.2. The van der Waals surface area contributed by atoms with E-state index in [1.807, 2.05) is 14.0 Å². The third-order valence-electron chi connectivity index (χ3n) is 4.43. The highest BCUT2D eigenvalue weighted by Crippen LogP contribution is 2.17. The Balaban J connectivity index is 0.00000208. The fraction of sp³-hybridized carbons (Fsp3) is 0.800. The van der Waals surface area contributed by atoms with Crippen LogP contribution in [0.25, 0.3) is 0 Å². The Bertz CT molecular complexity index is 532. The minimum atomic E-state index is 0. The van der Waals surface area contributed by atoms with Gasteiger partial charge in [0, 0.05) is 52.2 Å². The van der Waals surface area contributed by atoms with Crippen molar-refractivity contribution in [2.24, 2.45) is 4.99 Å². The maximum atomic E-state index is 5.44. The molecule has 0 aliphatic carbocycles. The number of likely N-dealkylation sites (tertiary alicyclic amines) is 1. The van der Waals surface area contributed by atoms with Gasteiger partial charge in [0.1, 0.15) is 0 Å². The van der Waals surface area contributed by atoms with Crippen LogP contribution in [0.15, 0.2) is 9.52 Å². The average Bonchev–Trinajstić information content (AvgIpc) is 3.22. The van der Waals surface area contributed by atoms with Crippen LogP contribution in [0.2, 0.25) is 0 Å². The number of hydrogen-bond acceptors (Lipinski definition) is 6. The fourth-order valence-corrected chi connectivity index (χ4v) is 3.23. The smallest absolute Gasteiger partial charge is 0.228 e. The van der Waals surface area contributed by atoms with E-state index in [1.54, 1.807) is 0 Å². The topological polar surface area (TPSA) is 79.0 Å². The molecule has 0 saturated carbocycles. The molecule has 3 heterocycles. The second-order valence-electron chi connectivity index (χ2n) is 6.00. The molecule has 0 bridgehead atoms. The van der Waals surface area contributed by atoms with Gasteiger partial charge in [-0.2, -0.15) is 4.98 Å². The third kappa shape index (κ3) is 5.03. The molecule has 2 saturated heterocycles. The number of halogens is 1. The molecule has 0 amide bonds. The lowest BCUT2D eigenvalue weighted by Crippen LogP contribution is -2.46. The average molecular weight is 450 g/mol. The van der Waals surface area contributed by atoms with Crippen molar-refractivity contribution < 1.29 is 9.26 Å². The maximum absolute atomic E-state index is 5.44. The summed E-state index contributed by atoms with van der Waals surface area (Å²) in [5.74, 6) is 2.30. The van der Waals surface area contributed by atoms with Crippen LogP contribution in [0.3, 0.4) is 0 Å². The molecule has 1 atom stereocenters. The first-order valence-electron chi connectivity index (χ1n) is 8.33. The van der Waals surface area contributed by atoms with Gasteiger partial charge in [0.25, 0.3) is 0 Å². The molecule has 0 radical (unpaired) electrons. The molecule has 0 aromatic carbocycles. The number of nitrogens with one attached hydrogen (secondary N) is 1. The molecule has 1 unspecified atom stereocenters. The predicted molar refractivity (Wildman–Crippen MR) is 102 cm³/mol. The van der Waals surface area contributed by atoms with Crippen molar-refractivity contribution in [2.45, 2.75) is 25.8 Å². The van der Waals surface area contributed by atoms with E-state index in [2.05, 4.69) is 30.2 Å². The number of guanidine groups is 1. The monoisotopic (exact) mass is 450 g/mol. The van der Waals surface area contributed by atoms with Crippen LogP contribution in [0.5, 0.6) is 0 Å². The molecule has 1 aromatic heterocycles. The molecule has 2 aliphatic rings. The highest BCUT2D eigenvalue weighted by atomic mass is 127. The van der Waals surface area contributed by atoms with Crippen molar-refractivity contribution >= 4 is 29.9 Å². The zero-order chi connectivity index (χ0) is 16.1. The molecule has 24 heavy (non-hydrogen) atoms. The lowest BCUT2D eigenvalue weighted by molar-refractivity contribution is 0.0195. The summed E-state index contributed by atoms with van der Waals surface area (Å²) in [7, 11) is 1.83. The van der Waals surface area contributed by atoms with Crippen LogP contribution >= 0.6 is 24.0 Å². The third-order valence-corrected chi connectivity index (χ3v) is 4.43. The summed E-state index contributed by atoms with van der Waals surface area (Å²) in [6, 6.07) is 0.607. The minimum Gasteiger partial charge on any atom is -0.379 e. The summed E-state index contributed by atoms with van der Waals surface area (Å²) in [6.45, 7) is 8.44. The van der Waals surface area contributed by atoms with E-state index in [1.165, 1.54) is 6.42 Å². The zero-order valence-corrected chi connectivity index (χ0v) is 16.7. The van der Waals surface area contributed by atoms with Crippen LogP contribution in [0.1, 0.15) is 18.1 Å². The first kappa shape index (κ1) is 19.4. The Morgan fingerprint density at radius 1 is 1.33 bits per heavy atom. The van der Waals surface area contributed by atoms with Gasteiger partial charge in [-0.05, 0) is 13.3 Å². The van der Waals surface area contributed by atoms with Crippen LogP contribution in [0.4, 0.5) is 0 Å². The van der Waals surface area contributed by atoms with Crippen molar-refractivity contribution in [3.05, 3.63) is 11.7 Å². The van der Waals surface area contributed by atoms with E-state index in [4.69, 9.17) is 9.26 Å². The number of ether oxygens (including phenoxy) is 1. The largest absolute Gasteiger partial charge is 0.379 e. The van der Waals surface area contributed by atoms with Gasteiger partial charge in [-0.15, -0.1) is 24.0 Å². The fourth-order valence-electron chi connectivity index (χ4n) is 3.23. The Kier molecular flexibility index (Phi) is 7.69. The summed E-state index contributed by atoms with van der Waals surface area (Å²) >= 11 is 0. The van der Waals surface area contributed by atoms with Crippen molar-refractivity contribution in [3.63, 3.8) is 0 Å². The van der Waals surface area contributed by atoms with Gasteiger partial charge in [-0.25, -0.2) is 0 Å². The molecular formula is C15H27IN6O2. The Labute approximate surface area is 160 Å². The number of aryl methyl sites for hydroxylation is 1. The minimum absolute atomic E-state index is 0. The normalized spacial score (nSPS) is 22.5. The van der Waals surface area contributed by atoms with Gasteiger partial charge in [-0.3, -0.25) is 9.89 Å². The van der Waals surface area contributed by atoms with E-state index in [9.17, 15) is 0 Å². The van der Waals surface area contributed by atoms with Crippen molar-refractivity contribution in [3.8, 4) is 0 Å². The first-order valence-corrected chi connectivity index (χ1v) is 8.33. The van der Waals surface area contributed by atoms with Gasteiger partial charge >= 0.3 is 0 Å². The molecule has 3 rings (SSSR count). The molecular weight excluding hydrogens is 423 g/mol. The Morgan fingerprint density at radius 2 is 2.12 bits per heavy atom. The molecule has 9 heteroatoms. The van der Waals surface area contributed by atoms with Crippen molar-refractivity contribution in [1.82, 2.24) is 25.3 Å². The highest BCUT2D eigenvalue weighted by Gasteiger charge is 2.30. The number of aliphatic imine (C=N–C) groups is 1. The van der Waals surface area contributed by atoms with Crippen molar-refractivity contribution in [1.29, 1.82) is 0 Å². The van der Waals surface area contributed by atoms with Gasteiger partial charge in [0.15, 0.2) is 11.8 Å². The van der Waals surface area contributed by atoms with Crippen LogP contribution in [-0.2, 0) is 11.2 Å². The van der Waals surface area contributed by atoms with Gasteiger partial charge in [0.05, 0.1) is 13.2 Å². The second-order valence-corrected chi connectivity index (χ2v) is 6.00. The highest BCUT2D eigenvalue weighted by molar-refractivity contribution is 14.0. The first-order chi connectivity index (χ1) is 11.3. The van der Waals surface area contributed by atoms with E-state index >= 15 is 0 Å². The molecule has 2 fully saturated rings. The number of hydrogen-bond donors (Lipinski definition) is 1. The number of rotatable bonds is 4. The number of morpholine rings is 1. The SMILES string of the molecule is CN=C(NCCc1nc(C)no1)N1CCC(N2CCOCC2)C1.I. The molecule has 0 spiro atoms. The van der Waals surface area contributed by atoms with Crippen LogP contribution in [-0.4, -0.2) is 84.9 Å². The standard InChI is InChI=1S/C15H26N6O2.HI/c1-12-18-14(23-19-12)3-5-17-15(16-2)21-6-4-13(11-21)20-7-9-22-10-8-20;/h13H,3-11H2,1-2H3,(H,16,17);1H. The van der Waals surface area contributed by atoms with Gasteiger partial charge in [0.2, 0.25) is 5.89 Å². The Morgan fingerprint density at radius 3 is 2.79 bits per heavy atom. The number of nitrogens with zero attached hydrogens (tertiary/aromatic N) is 5. The maximum Gasteiger partial charge on any atom is 0.228 e. The molecule has 8 nitrogen and oxygen atoms in total. The van der Waals surface area contributed by atoms with Gasteiger partial charge in [-0.1, -0.05) is 5.16 Å². The van der Waals surface area contributed by atoms with Gasteiger partial charge < -0.3 is 19.5 Å². The lowest BCUT2D eigenvalue weighted by Gasteiger charge is -2.32. The summed E-state index contributed by atoms with van der Waals surface area (Å²) in [5, 5.41) is 7.20. The van der Waals surface area contributed by atoms with Crippen LogP contribution < -0.4 is 5.32 Å².